The summed E-state index contributed by atoms with van der Waals surface area (Å²) in [5, 5.41) is 41.6. The number of nitrogens with zero attached hydrogens (tertiary/aromatic N) is 2. The number of hydrogen-bond acceptors (Lipinski definition) is 9. The van der Waals surface area contributed by atoms with Crippen molar-refractivity contribution in [2.24, 2.45) is 0 Å². The highest BCUT2D eigenvalue weighted by atomic mass is 35.5. The summed E-state index contributed by atoms with van der Waals surface area (Å²) in [5.74, 6) is -0.270. The van der Waals surface area contributed by atoms with Crippen LogP contribution in [0.1, 0.15) is 0 Å². The Kier molecular flexibility index (Phi) is 9.67. The highest BCUT2D eigenvalue weighted by Crippen LogP contribution is 2.36. The molecule has 13 heteroatoms. The normalized spacial score (nSPS) is 14.6. The number of rotatable bonds is 10. The number of aliphatic hydroxyl groups is 4. The van der Waals surface area contributed by atoms with E-state index in [9.17, 15) is 24.1 Å². The van der Waals surface area contributed by atoms with Crippen LogP contribution in [-0.4, -0.2) is 80.7 Å². The number of alkyl halides is 1. The molecule has 0 aliphatic heterocycles. The van der Waals surface area contributed by atoms with Crippen LogP contribution in [0, 0.1) is 5.82 Å². The molecular weight excluding hydrogens is 480 g/mol. The molecule has 186 valence electrons. The van der Waals surface area contributed by atoms with Gasteiger partial charge in [-0.3, -0.25) is 0 Å². The van der Waals surface area contributed by atoms with Crippen LogP contribution in [0.2, 0.25) is 5.02 Å². The number of halogens is 3. The van der Waals surface area contributed by atoms with E-state index < -0.39 is 43.5 Å². The lowest BCUT2D eigenvalue weighted by Gasteiger charge is -2.28. The van der Waals surface area contributed by atoms with Gasteiger partial charge in [0.05, 0.1) is 36.6 Å². The van der Waals surface area contributed by atoms with Gasteiger partial charge in [0, 0.05) is 11.5 Å². The van der Waals surface area contributed by atoms with Crippen LogP contribution in [0.3, 0.4) is 0 Å². The van der Waals surface area contributed by atoms with Crippen LogP contribution in [0.4, 0.5) is 20.3 Å². The lowest BCUT2D eigenvalue weighted by atomic mass is 10.0. The second-order valence-electron chi connectivity index (χ2n) is 6.99. The minimum absolute atomic E-state index is 0. The quantitative estimate of drug-likeness (QED) is 0.272. The Morgan fingerprint density at radius 3 is 2.47 bits per heavy atom. The first-order chi connectivity index (χ1) is 15.8. The van der Waals surface area contributed by atoms with Gasteiger partial charge in [0.15, 0.2) is 29.6 Å². The standard InChI is InChI=1S/C21H22ClF2N3O6.H2O/c1-32-15-5-10-14(6-16(15)33-17(8-29)20(31)19(30)12(23)7-28)25-9-26-21(10)27-13-4-2-3-11(22)18(13)24;/h2-6,9,12,17,19-20,28-31H,7-8H2,1H3,(H,25,26,27);1H2/t12-,17-,19+,20+;/m1./s1. The first-order valence-electron chi connectivity index (χ1n) is 9.73. The van der Waals surface area contributed by atoms with Crippen molar-refractivity contribution in [3.8, 4) is 11.5 Å². The first-order valence-corrected chi connectivity index (χ1v) is 10.1. The van der Waals surface area contributed by atoms with Crippen molar-refractivity contribution in [1.82, 2.24) is 9.97 Å². The number of hydrogen-bond donors (Lipinski definition) is 5. The molecule has 0 amide bonds. The summed E-state index contributed by atoms with van der Waals surface area (Å²) in [4.78, 5) is 8.27. The van der Waals surface area contributed by atoms with E-state index in [2.05, 4.69) is 15.3 Å². The molecule has 1 heterocycles. The number of anilines is 2. The summed E-state index contributed by atoms with van der Waals surface area (Å²) in [6.45, 7) is -1.79. The second-order valence-corrected chi connectivity index (χ2v) is 7.39. The number of aliphatic hydroxyl groups excluding tert-OH is 4. The molecule has 1 aromatic heterocycles. The molecule has 0 unspecified atom stereocenters. The van der Waals surface area contributed by atoms with Crippen molar-refractivity contribution in [3.05, 3.63) is 47.5 Å². The smallest absolute Gasteiger partial charge is 0.165 e. The van der Waals surface area contributed by atoms with E-state index in [1.54, 1.807) is 6.07 Å². The van der Waals surface area contributed by atoms with Crippen LogP contribution in [0.25, 0.3) is 10.9 Å². The third-order valence-corrected chi connectivity index (χ3v) is 5.15. The number of ether oxygens (including phenoxy) is 2. The molecule has 7 N–H and O–H groups in total. The zero-order valence-corrected chi connectivity index (χ0v) is 18.6. The van der Waals surface area contributed by atoms with Gasteiger partial charge in [0.25, 0.3) is 0 Å². The summed E-state index contributed by atoms with van der Waals surface area (Å²) in [5.41, 5.74) is 0.417. The molecule has 2 aromatic carbocycles. The summed E-state index contributed by atoms with van der Waals surface area (Å²) in [7, 11) is 1.34. The fraction of sp³-hybridized carbons (Fsp3) is 0.333. The minimum atomic E-state index is -2.13. The SMILES string of the molecule is COc1cc2c(Nc3cccc(Cl)c3F)ncnc2cc1O[C@H](CO)[C@H](O)[C@@H](O)[C@H](F)CO.O. The predicted octanol–water partition coefficient (Wildman–Crippen LogP) is 1.14. The molecular formula is C21H24ClF2N3O7. The lowest BCUT2D eigenvalue weighted by molar-refractivity contribution is -0.0981. The molecule has 0 saturated heterocycles. The van der Waals surface area contributed by atoms with Crippen molar-refractivity contribution in [2.75, 3.05) is 25.6 Å². The topological polar surface area (TPSA) is 169 Å². The van der Waals surface area contributed by atoms with Gasteiger partial charge in [-0.25, -0.2) is 18.7 Å². The van der Waals surface area contributed by atoms with Gasteiger partial charge in [0.1, 0.15) is 24.4 Å². The van der Waals surface area contributed by atoms with Crippen LogP contribution < -0.4 is 14.8 Å². The largest absolute Gasteiger partial charge is 0.493 e. The highest BCUT2D eigenvalue weighted by Gasteiger charge is 2.34. The van der Waals surface area contributed by atoms with Crippen molar-refractivity contribution in [1.29, 1.82) is 0 Å². The maximum absolute atomic E-state index is 14.3. The van der Waals surface area contributed by atoms with E-state index in [4.69, 9.17) is 26.2 Å². The Balaban J connectivity index is 0.00000408. The lowest BCUT2D eigenvalue weighted by Crippen LogP contribution is -2.48. The minimum Gasteiger partial charge on any atom is -0.493 e. The molecule has 4 atom stereocenters. The molecule has 0 spiro atoms. The van der Waals surface area contributed by atoms with E-state index >= 15 is 0 Å². The molecule has 0 bridgehead atoms. The number of nitrogens with one attached hydrogen (secondary N) is 1. The third-order valence-electron chi connectivity index (χ3n) is 4.86. The van der Waals surface area contributed by atoms with Gasteiger partial charge in [-0.05, 0) is 18.2 Å². The van der Waals surface area contributed by atoms with Crippen LogP contribution in [0.15, 0.2) is 36.7 Å². The first kappa shape index (κ1) is 27.4. The Labute approximate surface area is 197 Å². The van der Waals surface area contributed by atoms with Crippen LogP contribution in [-0.2, 0) is 0 Å². The predicted molar refractivity (Wildman–Crippen MR) is 120 cm³/mol. The fourth-order valence-electron chi connectivity index (χ4n) is 3.06. The Hall–Kier alpha value is -2.87. The van der Waals surface area contributed by atoms with Gasteiger partial charge in [-0.1, -0.05) is 17.7 Å². The molecule has 10 nitrogen and oxygen atoms in total. The zero-order chi connectivity index (χ0) is 24.1. The number of methoxy groups -OCH3 is 1. The molecule has 0 aliphatic rings. The number of benzene rings is 2. The average molecular weight is 504 g/mol. The Morgan fingerprint density at radius 1 is 1.09 bits per heavy atom. The van der Waals surface area contributed by atoms with Gasteiger partial charge >= 0.3 is 0 Å². The van der Waals surface area contributed by atoms with Crippen molar-refractivity contribution < 1.29 is 44.2 Å². The molecule has 0 radical (unpaired) electrons. The summed E-state index contributed by atoms with van der Waals surface area (Å²) >= 11 is 5.83. The maximum atomic E-state index is 14.3. The van der Waals surface area contributed by atoms with E-state index in [1.807, 2.05) is 0 Å². The summed E-state index contributed by atoms with van der Waals surface area (Å²) < 4.78 is 38.8. The molecule has 3 rings (SSSR count). The van der Waals surface area contributed by atoms with Gasteiger partial charge in [-0.2, -0.15) is 0 Å². The van der Waals surface area contributed by atoms with E-state index in [0.717, 1.165) is 0 Å². The Morgan fingerprint density at radius 2 is 1.82 bits per heavy atom. The number of fused-ring (bicyclic) bond motifs is 1. The monoisotopic (exact) mass is 503 g/mol. The van der Waals surface area contributed by atoms with Crippen LogP contribution >= 0.6 is 11.6 Å². The van der Waals surface area contributed by atoms with E-state index in [-0.39, 0.29) is 33.5 Å². The van der Waals surface area contributed by atoms with E-state index in [1.165, 1.54) is 37.7 Å². The van der Waals surface area contributed by atoms with E-state index in [0.29, 0.717) is 10.9 Å². The van der Waals surface area contributed by atoms with Gasteiger partial charge in [-0.15, -0.1) is 0 Å². The van der Waals surface area contributed by atoms with Gasteiger partial charge < -0.3 is 40.7 Å². The molecule has 34 heavy (non-hydrogen) atoms. The van der Waals surface area contributed by atoms with Gasteiger partial charge in [0.2, 0.25) is 0 Å². The average Bonchev–Trinajstić information content (AvgIpc) is 2.83. The number of aromatic nitrogens is 2. The van der Waals surface area contributed by atoms with Crippen LogP contribution in [0.5, 0.6) is 11.5 Å². The maximum Gasteiger partial charge on any atom is 0.165 e. The fourth-order valence-corrected chi connectivity index (χ4v) is 3.24. The summed E-state index contributed by atoms with van der Waals surface area (Å²) in [6, 6.07) is 7.35. The molecule has 0 saturated carbocycles. The highest BCUT2D eigenvalue weighted by molar-refractivity contribution is 6.31. The molecule has 0 fully saturated rings. The third kappa shape index (κ3) is 5.78. The second kappa shape index (κ2) is 12.0. The summed E-state index contributed by atoms with van der Waals surface area (Å²) in [6.07, 6.45) is -6.21. The van der Waals surface area contributed by atoms with Crippen molar-refractivity contribution in [2.45, 2.75) is 24.5 Å². The molecule has 3 aromatic rings. The van der Waals surface area contributed by atoms with Crippen molar-refractivity contribution in [3.63, 3.8) is 0 Å². The Bertz CT molecular complexity index is 1110. The molecule has 0 aliphatic carbocycles. The van der Waals surface area contributed by atoms with Crippen molar-refractivity contribution >= 4 is 34.0 Å². The zero-order valence-electron chi connectivity index (χ0n) is 17.8.